The van der Waals surface area contributed by atoms with E-state index in [2.05, 4.69) is 70.0 Å². The van der Waals surface area contributed by atoms with Gasteiger partial charge in [-0.3, -0.25) is 0 Å². The van der Waals surface area contributed by atoms with Crippen molar-refractivity contribution in [2.75, 3.05) is 34.2 Å². The highest BCUT2D eigenvalue weighted by Gasteiger charge is 2.13. The highest BCUT2D eigenvalue weighted by atomic mass is 16.3. The molecule has 0 spiro atoms. The topological polar surface area (TPSA) is 31.7 Å². The maximum atomic E-state index is 5.86. The first kappa shape index (κ1) is 18.2. The fourth-order valence-corrected chi connectivity index (χ4v) is 2.21. The van der Waals surface area contributed by atoms with E-state index in [4.69, 9.17) is 4.42 Å². The van der Waals surface area contributed by atoms with E-state index in [0.29, 0.717) is 0 Å². The average Bonchev–Trinajstić information content (AvgIpc) is 2.66. The van der Waals surface area contributed by atoms with Crippen molar-refractivity contribution in [1.82, 2.24) is 15.1 Å². The monoisotopic (exact) mass is 295 g/mol. The Morgan fingerprint density at radius 1 is 1.14 bits per heavy atom. The molecule has 0 saturated heterocycles. The number of nitrogens with one attached hydrogen (secondary N) is 1. The molecule has 0 aliphatic carbocycles. The standard InChI is InChI=1S/C17H33N3O/c1-14-15(13-20(7)10-8-9-19(5)6)11-16(21-14)12-18-17(2,3)4/h11,18H,8-10,12-13H2,1-7H3. The van der Waals surface area contributed by atoms with Crippen LogP contribution in [0.15, 0.2) is 10.5 Å². The Balaban J connectivity index is 2.46. The summed E-state index contributed by atoms with van der Waals surface area (Å²) in [6.07, 6.45) is 1.19. The molecule has 0 amide bonds. The van der Waals surface area contributed by atoms with Gasteiger partial charge in [0.15, 0.2) is 0 Å². The lowest BCUT2D eigenvalue weighted by Gasteiger charge is -2.19. The van der Waals surface area contributed by atoms with Gasteiger partial charge in [-0.2, -0.15) is 0 Å². The van der Waals surface area contributed by atoms with E-state index in [1.807, 2.05) is 0 Å². The van der Waals surface area contributed by atoms with Crippen molar-refractivity contribution in [2.45, 2.75) is 52.7 Å². The largest absolute Gasteiger partial charge is 0.465 e. The normalized spacial score (nSPS) is 12.6. The van der Waals surface area contributed by atoms with Gasteiger partial charge in [-0.15, -0.1) is 0 Å². The molecule has 122 valence electrons. The lowest BCUT2D eigenvalue weighted by Crippen LogP contribution is -2.34. The lowest BCUT2D eigenvalue weighted by molar-refractivity contribution is 0.293. The Bertz CT molecular complexity index is 418. The Hall–Kier alpha value is -0.840. The summed E-state index contributed by atoms with van der Waals surface area (Å²) in [6, 6.07) is 2.19. The molecule has 1 aromatic rings. The molecular formula is C17H33N3O. The van der Waals surface area contributed by atoms with Crippen LogP contribution in [-0.2, 0) is 13.1 Å². The number of rotatable bonds is 8. The number of hydrogen-bond donors (Lipinski definition) is 1. The number of furan rings is 1. The van der Waals surface area contributed by atoms with Gasteiger partial charge in [-0.1, -0.05) is 0 Å². The molecule has 0 bridgehead atoms. The molecule has 4 nitrogen and oxygen atoms in total. The van der Waals surface area contributed by atoms with Gasteiger partial charge in [0.25, 0.3) is 0 Å². The first-order valence-corrected chi connectivity index (χ1v) is 7.84. The lowest BCUT2D eigenvalue weighted by atomic mass is 10.1. The molecule has 4 heteroatoms. The Morgan fingerprint density at radius 2 is 1.81 bits per heavy atom. The summed E-state index contributed by atoms with van der Waals surface area (Å²) >= 11 is 0. The number of hydrogen-bond acceptors (Lipinski definition) is 4. The van der Waals surface area contributed by atoms with Crippen LogP contribution in [0.1, 0.15) is 44.3 Å². The van der Waals surface area contributed by atoms with Crippen molar-refractivity contribution in [1.29, 1.82) is 0 Å². The molecule has 21 heavy (non-hydrogen) atoms. The van der Waals surface area contributed by atoms with Crippen molar-refractivity contribution in [2.24, 2.45) is 0 Å². The zero-order chi connectivity index (χ0) is 16.0. The van der Waals surface area contributed by atoms with Crippen molar-refractivity contribution in [3.63, 3.8) is 0 Å². The molecule has 0 aromatic carbocycles. The van der Waals surface area contributed by atoms with E-state index in [1.54, 1.807) is 0 Å². The van der Waals surface area contributed by atoms with Crippen molar-refractivity contribution < 1.29 is 4.42 Å². The second kappa shape index (κ2) is 7.97. The van der Waals surface area contributed by atoms with Crippen LogP contribution in [0.5, 0.6) is 0 Å². The van der Waals surface area contributed by atoms with E-state index in [0.717, 1.165) is 37.7 Å². The quantitative estimate of drug-likeness (QED) is 0.799. The van der Waals surface area contributed by atoms with Crippen LogP contribution in [0, 0.1) is 6.92 Å². The number of aryl methyl sites for hydroxylation is 1. The summed E-state index contributed by atoms with van der Waals surface area (Å²) in [6.45, 7) is 12.6. The molecule has 0 saturated carbocycles. The van der Waals surface area contributed by atoms with Gasteiger partial charge in [0, 0.05) is 17.6 Å². The Kier molecular flexibility index (Phi) is 6.91. The molecule has 0 unspecified atom stereocenters. The molecular weight excluding hydrogens is 262 g/mol. The SMILES string of the molecule is Cc1oc(CNC(C)(C)C)cc1CN(C)CCCN(C)C. The Labute approximate surface area is 130 Å². The fraction of sp³-hybridized carbons (Fsp3) is 0.765. The summed E-state index contributed by atoms with van der Waals surface area (Å²) in [4.78, 5) is 4.59. The molecule has 0 atom stereocenters. The van der Waals surface area contributed by atoms with Crippen molar-refractivity contribution >= 4 is 0 Å². The minimum absolute atomic E-state index is 0.115. The molecule has 0 aliphatic heterocycles. The smallest absolute Gasteiger partial charge is 0.118 e. The molecule has 0 radical (unpaired) electrons. The van der Waals surface area contributed by atoms with Crippen LogP contribution in [0.3, 0.4) is 0 Å². The van der Waals surface area contributed by atoms with Gasteiger partial charge in [-0.25, -0.2) is 0 Å². The van der Waals surface area contributed by atoms with Crippen molar-refractivity contribution in [3.05, 3.63) is 23.2 Å². The highest BCUT2D eigenvalue weighted by molar-refractivity contribution is 5.20. The van der Waals surface area contributed by atoms with Crippen LogP contribution in [0.2, 0.25) is 0 Å². The van der Waals surface area contributed by atoms with E-state index in [9.17, 15) is 0 Å². The molecule has 1 aromatic heterocycles. The zero-order valence-corrected chi connectivity index (χ0v) is 14.9. The average molecular weight is 295 g/mol. The molecule has 1 N–H and O–H groups in total. The van der Waals surface area contributed by atoms with Crippen LogP contribution >= 0.6 is 0 Å². The van der Waals surface area contributed by atoms with Gasteiger partial charge in [-0.05, 0) is 74.4 Å². The predicted octanol–water partition coefficient (Wildman–Crippen LogP) is 2.86. The minimum atomic E-state index is 0.115. The number of nitrogens with zero attached hydrogens (tertiary/aromatic N) is 2. The second-order valence-electron chi connectivity index (χ2n) is 7.29. The molecule has 1 rings (SSSR count). The maximum absolute atomic E-state index is 5.86. The van der Waals surface area contributed by atoms with Gasteiger partial charge < -0.3 is 19.5 Å². The highest BCUT2D eigenvalue weighted by Crippen LogP contribution is 2.17. The first-order valence-electron chi connectivity index (χ1n) is 7.84. The zero-order valence-electron chi connectivity index (χ0n) is 14.9. The van der Waals surface area contributed by atoms with E-state index < -0.39 is 0 Å². The summed E-state index contributed by atoms with van der Waals surface area (Å²) in [7, 11) is 6.42. The summed E-state index contributed by atoms with van der Waals surface area (Å²) in [5.41, 5.74) is 1.41. The fourth-order valence-electron chi connectivity index (χ4n) is 2.21. The van der Waals surface area contributed by atoms with Gasteiger partial charge in [0.1, 0.15) is 11.5 Å². The first-order chi connectivity index (χ1) is 9.67. The van der Waals surface area contributed by atoms with Gasteiger partial charge in [0.2, 0.25) is 0 Å². The summed E-state index contributed by atoms with van der Waals surface area (Å²) in [5, 5.41) is 3.47. The van der Waals surface area contributed by atoms with Crippen LogP contribution in [0.4, 0.5) is 0 Å². The third-order valence-corrected chi connectivity index (χ3v) is 3.45. The van der Waals surface area contributed by atoms with Crippen LogP contribution in [-0.4, -0.2) is 49.6 Å². The Morgan fingerprint density at radius 3 is 2.38 bits per heavy atom. The molecule has 0 fully saturated rings. The third kappa shape index (κ3) is 7.65. The second-order valence-corrected chi connectivity index (χ2v) is 7.29. The van der Waals surface area contributed by atoms with E-state index >= 15 is 0 Å². The third-order valence-electron chi connectivity index (χ3n) is 3.45. The predicted molar refractivity (Wildman–Crippen MR) is 89.5 cm³/mol. The van der Waals surface area contributed by atoms with E-state index in [1.165, 1.54) is 12.0 Å². The molecule has 0 aliphatic rings. The maximum Gasteiger partial charge on any atom is 0.118 e. The summed E-state index contributed by atoms with van der Waals surface area (Å²) in [5.74, 6) is 2.07. The van der Waals surface area contributed by atoms with Gasteiger partial charge in [0.05, 0.1) is 6.54 Å². The minimum Gasteiger partial charge on any atom is -0.465 e. The molecule has 1 heterocycles. The van der Waals surface area contributed by atoms with E-state index in [-0.39, 0.29) is 5.54 Å². The van der Waals surface area contributed by atoms with Crippen molar-refractivity contribution in [3.8, 4) is 0 Å². The van der Waals surface area contributed by atoms with Crippen LogP contribution in [0.25, 0.3) is 0 Å². The van der Waals surface area contributed by atoms with Gasteiger partial charge >= 0.3 is 0 Å². The van der Waals surface area contributed by atoms with Crippen LogP contribution < -0.4 is 5.32 Å². The summed E-state index contributed by atoms with van der Waals surface area (Å²) < 4.78 is 5.86.